The van der Waals surface area contributed by atoms with E-state index in [1.807, 2.05) is 0 Å². The molecule has 0 aromatic heterocycles. The van der Waals surface area contributed by atoms with Crippen molar-refractivity contribution in [3.63, 3.8) is 0 Å². The van der Waals surface area contributed by atoms with Crippen molar-refractivity contribution in [2.24, 2.45) is 17.8 Å². The summed E-state index contributed by atoms with van der Waals surface area (Å²) >= 11 is 0. The maximum absolute atomic E-state index is 12.1. The molecule has 0 unspecified atom stereocenters. The van der Waals surface area contributed by atoms with Crippen molar-refractivity contribution in [1.29, 1.82) is 0 Å². The van der Waals surface area contributed by atoms with Crippen LogP contribution >= 0.6 is 0 Å². The Labute approximate surface area is 134 Å². The highest BCUT2D eigenvalue weighted by Gasteiger charge is 2.40. The molecule has 1 heterocycles. The Kier molecular flexibility index (Phi) is 3.59. The predicted octanol–water partition coefficient (Wildman–Crippen LogP) is 2.00. The molecule has 0 saturated heterocycles. The minimum atomic E-state index is -0.357. The molecular formula is C17H20N2O4. The van der Waals surface area contributed by atoms with Gasteiger partial charge in [-0.3, -0.25) is 20.4 Å². The molecule has 3 atom stereocenters. The lowest BCUT2D eigenvalue weighted by molar-refractivity contribution is -0.123. The molecule has 2 bridgehead atoms. The number of rotatable bonds is 3. The van der Waals surface area contributed by atoms with E-state index in [-0.39, 0.29) is 18.6 Å². The minimum Gasteiger partial charge on any atom is -0.454 e. The van der Waals surface area contributed by atoms with Gasteiger partial charge in [0, 0.05) is 12.0 Å². The third-order valence-corrected chi connectivity index (χ3v) is 5.28. The van der Waals surface area contributed by atoms with Crippen LogP contribution in [0.4, 0.5) is 0 Å². The van der Waals surface area contributed by atoms with Gasteiger partial charge in [0.2, 0.25) is 12.7 Å². The van der Waals surface area contributed by atoms with E-state index in [1.54, 1.807) is 18.2 Å². The number of nitrogens with one attached hydrogen (secondary N) is 2. The first-order valence-electron chi connectivity index (χ1n) is 8.18. The molecule has 6 heteroatoms. The Bertz CT molecular complexity index is 645. The van der Waals surface area contributed by atoms with Crippen molar-refractivity contribution in [2.45, 2.75) is 32.1 Å². The van der Waals surface area contributed by atoms with E-state index in [2.05, 4.69) is 10.9 Å². The van der Waals surface area contributed by atoms with Crippen molar-refractivity contribution in [2.75, 3.05) is 6.79 Å². The van der Waals surface area contributed by atoms with Gasteiger partial charge in [-0.15, -0.1) is 0 Å². The van der Waals surface area contributed by atoms with Crippen LogP contribution in [0.15, 0.2) is 18.2 Å². The standard InChI is InChI=1S/C17H20N2O4/c20-16(8-13-6-10-1-2-11(13)5-10)18-19-17(21)12-3-4-14-15(7-12)23-9-22-14/h3-4,7,10-11,13H,1-2,5-6,8-9H2,(H,18,20)(H,19,21)/t10-,11-,13+/m1/s1. The summed E-state index contributed by atoms with van der Waals surface area (Å²) in [5, 5.41) is 0. The highest BCUT2D eigenvalue weighted by molar-refractivity contribution is 5.96. The van der Waals surface area contributed by atoms with Gasteiger partial charge in [-0.1, -0.05) is 6.42 Å². The zero-order chi connectivity index (χ0) is 15.8. The minimum absolute atomic E-state index is 0.114. The summed E-state index contributed by atoms with van der Waals surface area (Å²) in [6.45, 7) is 0.167. The van der Waals surface area contributed by atoms with Crippen LogP contribution in [0.25, 0.3) is 0 Å². The van der Waals surface area contributed by atoms with E-state index in [4.69, 9.17) is 9.47 Å². The van der Waals surface area contributed by atoms with Gasteiger partial charge in [-0.25, -0.2) is 0 Å². The van der Waals surface area contributed by atoms with E-state index in [9.17, 15) is 9.59 Å². The largest absolute Gasteiger partial charge is 0.454 e. The number of amides is 2. The molecule has 0 spiro atoms. The summed E-state index contributed by atoms with van der Waals surface area (Å²) in [5.41, 5.74) is 5.42. The summed E-state index contributed by atoms with van der Waals surface area (Å²) in [6, 6.07) is 4.94. The monoisotopic (exact) mass is 316 g/mol. The van der Waals surface area contributed by atoms with Gasteiger partial charge < -0.3 is 9.47 Å². The van der Waals surface area contributed by atoms with Crippen LogP contribution in [-0.2, 0) is 4.79 Å². The zero-order valence-corrected chi connectivity index (χ0v) is 12.8. The van der Waals surface area contributed by atoms with Gasteiger partial charge in [-0.2, -0.15) is 0 Å². The molecule has 3 aliphatic rings. The molecule has 122 valence electrons. The smallest absolute Gasteiger partial charge is 0.269 e. The average molecular weight is 316 g/mol. The quantitative estimate of drug-likeness (QED) is 0.836. The first-order chi connectivity index (χ1) is 11.2. The second-order valence-corrected chi connectivity index (χ2v) is 6.71. The molecule has 6 nitrogen and oxygen atoms in total. The van der Waals surface area contributed by atoms with Gasteiger partial charge in [0.05, 0.1) is 0 Å². The summed E-state index contributed by atoms with van der Waals surface area (Å²) in [7, 11) is 0. The first-order valence-corrected chi connectivity index (χ1v) is 8.18. The van der Waals surface area contributed by atoms with Crippen molar-refractivity contribution in [1.82, 2.24) is 10.9 Å². The molecule has 1 aromatic carbocycles. The molecule has 1 aliphatic heterocycles. The number of hydrogen-bond acceptors (Lipinski definition) is 4. The molecular weight excluding hydrogens is 296 g/mol. The predicted molar refractivity (Wildman–Crippen MR) is 81.7 cm³/mol. The number of hydrazine groups is 1. The summed E-state index contributed by atoms with van der Waals surface area (Å²) in [4.78, 5) is 24.1. The number of carbonyl (C=O) groups is 2. The third kappa shape index (κ3) is 2.85. The number of fused-ring (bicyclic) bond motifs is 3. The van der Waals surface area contributed by atoms with E-state index >= 15 is 0 Å². The van der Waals surface area contributed by atoms with E-state index in [0.717, 1.165) is 12.3 Å². The highest BCUT2D eigenvalue weighted by atomic mass is 16.7. The summed E-state index contributed by atoms with van der Waals surface area (Å²) < 4.78 is 10.4. The van der Waals surface area contributed by atoms with Crippen LogP contribution in [0, 0.1) is 17.8 Å². The van der Waals surface area contributed by atoms with Gasteiger partial charge >= 0.3 is 0 Å². The van der Waals surface area contributed by atoms with Crippen LogP contribution in [0.5, 0.6) is 11.5 Å². The molecule has 2 amide bonds. The van der Waals surface area contributed by atoms with E-state index < -0.39 is 0 Å². The van der Waals surface area contributed by atoms with Crippen LogP contribution < -0.4 is 20.3 Å². The lowest BCUT2D eigenvalue weighted by Crippen LogP contribution is -2.42. The highest BCUT2D eigenvalue weighted by Crippen LogP contribution is 2.49. The molecule has 4 rings (SSSR count). The Morgan fingerprint density at radius 3 is 2.74 bits per heavy atom. The fourth-order valence-corrected chi connectivity index (χ4v) is 4.15. The van der Waals surface area contributed by atoms with E-state index in [1.165, 1.54) is 19.3 Å². The van der Waals surface area contributed by atoms with E-state index in [0.29, 0.717) is 35.3 Å². The number of carbonyl (C=O) groups excluding carboxylic acids is 2. The molecule has 0 radical (unpaired) electrons. The van der Waals surface area contributed by atoms with Crippen molar-refractivity contribution in [3.05, 3.63) is 23.8 Å². The SMILES string of the molecule is O=C(C[C@@H]1C[C@@H]2CC[C@@H]1C2)NNC(=O)c1ccc2c(c1)OCO2. The van der Waals surface area contributed by atoms with Crippen molar-refractivity contribution >= 4 is 11.8 Å². The number of hydrogen-bond donors (Lipinski definition) is 2. The summed E-state index contributed by atoms with van der Waals surface area (Å²) in [6.07, 6.45) is 5.52. The fourth-order valence-electron chi connectivity index (χ4n) is 4.15. The van der Waals surface area contributed by atoms with Crippen LogP contribution in [0.1, 0.15) is 42.5 Å². The average Bonchev–Trinajstić information content (AvgIpc) is 3.27. The van der Waals surface area contributed by atoms with Crippen molar-refractivity contribution < 1.29 is 19.1 Å². The molecule has 23 heavy (non-hydrogen) atoms. The molecule has 2 aliphatic carbocycles. The van der Waals surface area contributed by atoms with Crippen LogP contribution in [0.3, 0.4) is 0 Å². The Hall–Kier alpha value is -2.24. The molecule has 2 fully saturated rings. The lowest BCUT2D eigenvalue weighted by Gasteiger charge is -2.20. The van der Waals surface area contributed by atoms with Gasteiger partial charge in [0.25, 0.3) is 5.91 Å². The maximum Gasteiger partial charge on any atom is 0.269 e. The Balaban J connectivity index is 1.28. The van der Waals surface area contributed by atoms with Crippen molar-refractivity contribution in [3.8, 4) is 11.5 Å². The normalized spacial score (nSPS) is 27.0. The lowest BCUT2D eigenvalue weighted by atomic mass is 9.86. The van der Waals surface area contributed by atoms with Gasteiger partial charge in [-0.05, 0) is 55.2 Å². The molecule has 2 N–H and O–H groups in total. The molecule has 2 saturated carbocycles. The Morgan fingerprint density at radius 2 is 1.96 bits per heavy atom. The summed E-state index contributed by atoms with van der Waals surface area (Å²) in [5.74, 6) is 2.71. The number of benzene rings is 1. The van der Waals surface area contributed by atoms with Crippen LogP contribution in [-0.4, -0.2) is 18.6 Å². The third-order valence-electron chi connectivity index (χ3n) is 5.28. The van der Waals surface area contributed by atoms with Gasteiger partial charge in [0.1, 0.15) is 0 Å². The zero-order valence-electron chi connectivity index (χ0n) is 12.8. The fraction of sp³-hybridized carbons (Fsp3) is 0.529. The molecule has 1 aromatic rings. The number of ether oxygens (including phenoxy) is 2. The topological polar surface area (TPSA) is 76.7 Å². The Morgan fingerprint density at radius 1 is 1.09 bits per heavy atom. The maximum atomic E-state index is 12.1. The first kappa shape index (κ1) is 14.4. The van der Waals surface area contributed by atoms with Gasteiger partial charge in [0.15, 0.2) is 11.5 Å². The second kappa shape index (κ2) is 5.76. The second-order valence-electron chi connectivity index (χ2n) is 6.71. The van der Waals surface area contributed by atoms with Crippen LogP contribution in [0.2, 0.25) is 0 Å².